The van der Waals surface area contributed by atoms with E-state index in [-0.39, 0.29) is 12.4 Å². The molecule has 0 aliphatic heterocycles. The van der Waals surface area contributed by atoms with E-state index in [0.29, 0.717) is 24.6 Å². The quantitative estimate of drug-likeness (QED) is 0.502. The van der Waals surface area contributed by atoms with Crippen molar-refractivity contribution in [2.45, 2.75) is 32.9 Å². The Morgan fingerprint density at radius 2 is 1.86 bits per heavy atom. The van der Waals surface area contributed by atoms with E-state index in [9.17, 15) is 9.50 Å². The van der Waals surface area contributed by atoms with Gasteiger partial charge in [0.1, 0.15) is 18.5 Å². The average molecular weight is 405 g/mol. The van der Waals surface area contributed by atoms with Crippen LogP contribution in [0.1, 0.15) is 25.0 Å². The maximum atomic E-state index is 13.2. The second-order valence-electron chi connectivity index (χ2n) is 6.99. The highest BCUT2D eigenvalue weighted by molar-refractivity contribution is 5.43. The first-order valence-corrected chi connectivity index (χ1v) is 10.2. The van der Waals surface area contributed by atoms with Gasteiger partial charge in [0.25, 0.3) is 0 Å². The molecule has 2 N–H and O–H groups in total. The largest absolute Gasteiger partial charge is 0.493 e. The molecule has 2 aromatic rings. The lowest BCUT2D eigenvalue weighted by atomic mass is 10.1. The first kappa shape index (κ1) is 23.1. The number of methoxy groups -OCH3 is 1. The Morgan fingerprint density at radius 1 is 1.07 bits per heavy atom. The van der Waals surface area contributed by atoms with Gasteiger partial charge >= 0.3 is 0 Å². The normalized spacial score (nSPS) is 12.2. The summed E-state index contributed by atoms with van der Waals surface area (Å²) in [6, 6.07) is 12.4. The molecular weight excluding hydrogens is 371 g/mol. The highest BCUT2D eigenvalue weighted by atomic mass is 19.1. The molecule has 0 aliphatic carbocycles. The third kappa shape index (κ3) is 8.01. The lowest BCUT2D eigenvalue weighted by molar-refractivity contribution is 0.0705. The molecule has 2 aromatic carbocycles. The van der Waals surface area contributed by atoms with Gasteiger partial charge in [-0.15, -0.1) is 0 Å². The summed E-state index contributed by atoms with van der Waals surface area (Å²) in [5.74, 6) is 1.06. The zero-order valence-corrected chi connectivity index (χ0v) is 17.7. The van der Waals surface area contributed by atoms with Crippen molar-refractivity contribution in [2.24, 2.45) is 0 Å². The number of ether oxygens (including phenoxy) is 2. The van der Waals surface area contributed by atoms with Gasteiger partial charge in [-0.2, -0.15) is 0 Å². The maximum absolute atomic E-state index is 13.2. The molecule has 160 valence electrons. The summed E-state index contributed by atoms with van der Waals surface area (Å²) >= 11 is 0. The van der Waals surface area contributed by atoms with Crippen LogP contribution in [0.15, 0.2) is 42.5 Å². The number of hydrogen-bond donors (Lipinski definition) is 2. The molecule has 2 rings (SSSR count). The standard InChI is InChI=1S/C23H33FN2O3/c1-4-26(5-2)16-21(27)17-29-22-10-9-19(14-23(22)28-3)15-25-12-11-18-7-6-8-20(24)13-18/h6-10,13-14,21,25,27H,4-5,11-12,15-17H2,1-3H3/t21-/m0/s1. The van der Waals surface area contributed by atoms with Crippen LogP contribution in [0.3, 0.4) is 0 Å². The molecule has 6 heteroatoms. The van der Waals surface area contributed by atoms with Crippen LogP contribution in [0, 0.1) is 5.82 Å². The number of benzene rings is 2. The fraction of sp³-hybridized carbons (Fsp3) is 0.478. The van der Waals surface area contributed by atoms with Crippen LogP contribution in [0.4, 0.5) is 4.39 Å². The number of likely N-dealkylation sites (N-methyl/N-ethyl adjacent to an activating group) is 1. The molecular formula is C23H33FN2O3. The molecule has 0 saturated carbocycles. The van der Waals surface area contributed by atoms with E-state index in [4.69, 9.17) is 9.47 Å². The first-order valence-electron chi connectivity index (χ1n) is 10.2. The van der Waals surface area contributed by atoms with E-state index < -0.39 is 6.10 Å². The minimum atomic E-state index is -0.552. The van der Waals surface area contributed by atoms with E-state index in [1.165, 1.54) is 6.07 Å². The van der Waals surface area contributed by atoms with Gasteiger partial charge in [-0.1, -0.05) is 32.0 Å². The van der Waals surface area contributed by atoms with Crippen LogP contribution in [0.5, 0.6) is 11.5 Å². The van der Waals surface area contributed by atoms with Gasteiger partial charge in [0.05, 0.1) is 7.11 Å². The molecule has 0 radical (unpaired) electrons. The summed E-state index contributed by atoms with van der Waals surface area (Å²) in [5.41, 5.74) is 2.04. The summed E-state index contributed by atoms with van der Waals surface area (Å²) in [7, 11) is 1.61. The Morgan fingerprint density at radius 3 is 2.55 bits per heavy atom. The number of rotatable bonds is 13. The third-order valence-corrected chi connectivity index (χ3v) is 4.83. The van der Waals surface area contributed by atoms with Gasteiger partial charge in [0.15, 0.2) is 11.5 Å². The highest BCUT2D eigenvalue weighted by Gasteiger charge is 2.12. The average Bonchev–Trinajstić information content (AvgIpc) is 2.73. The van der Waals surface area contributed by atoms with Crippen molar-refractivity contribution in [3.63, 3.8) is 0 Å². The van der Waals surface area contributed by atoms with Gasteiger partial charge in [0, 0.05) is 13.1 Å². The van der Waals surface area contributed by atoms with Crippen molar-refractivity contribution in [2.75, 3.05) is 39.9 Å². The number of nitrogens with zero attached hydrogens (tertiary/aromatic N) is 1. The van der Waals surface area contributed by atoms with Gasteiger partial charge in [-0.3, -0.25) is 0 Å². The SMILES string of the molecule is CCN(CC)C[C@H](O)COc1ccc(CNCCc2cccc(F)c2)cc1OC. The molecule has 0 aromatic heterocycles. The number of halogens is 1. The Bertz CT molecular complexity index is 738. The number of hydrogen-bond acceptors (Lipinski definition) is 5. The smallest absolute Gasteiger partial charge is 0.161 e. The second kappa shape index (κ2) is 12.4. The van der Waals surface area contributed by atoms with Gasteiger partial charge < -0.3 is 24.8 Å². The van der Waals surface area contributed by atoms with Gasteiger partial charge in [-0.05, 0) is 61.4 Å². The van der Waals surface area contributed by atoms with Gasteiger partial charge in [0.2, 0.25) is 0 Å². The van der Waals surface area contributed by atoms with Gasteiger partial charge in [-0.25, -0.2) is 4.39 Å². The van der Waals surface area contributed by atoms with Crippen molar-refractivity contribution in [3.8, 4) is 11.5 Å². The van der Waals surface area contributed by atoms with Crippen LogP contribution in [-0.2, 0) is 13.0 Å². The monoisotopic (exact) mass is 404 g/mol. The molecule has 5 nitrogen and oxygen atoms in total. The second-order valence-corrected chi connectivity index (χ2v) is 6.99. The van der Waals surface area contributed by atoms with E-state index in [0.717, 1.165) is 37.2 Å². The zero-order chi connectivity index (χ0) is 21.1. The molecule has 29 heavy (non-hydrogen) atoms. The lowest BCUT2D eigenvalue weighted by Crippen LogP contribution is -2.35. The fourth-order valence-corrected chi connectivity index (χ4v) is 3.12. The van der Waals surface area contributed by atoms with Crippen LogP contribution < -0.4 is 14.8 Å². The summed E-state index contributed by atoms with van der Waals surface area (Å²) in [4.78, 5) is 2.16. The van der Waals surface area contributed by atoms with Crippen LogP contribution in [0.25, 0.3) is 0 Å². The lowest BCUT2D eigenvalue weighted by Gasteiger charge is -2.22. The van der Waals surface area contributed by atoms with Crippen molar-refractivity contribution in [1.82, 2.24) is 10.2 Å². The Labute approximate surface area is 173 Å². The van der Waals surface area contributed by atoms with E-state index >= 15 is 0 Å². The maximum Gasteiger partial charge on any atom is 0.161 e. The molecule has 0 spiro atoms. The molecule has 0 heterocycles. The molecule has 0 fully saturated rings. The van der Waals surface area contributed by atoms with E-state index in [1.54, 1.807) is 19.2 Å². The Kier molecular flexibility index (Phi) is 9.91. The molecule has 1 atom stereocenters. The number of nitrogens with one attached hydrogen (secondary N) is 1. The summed E-state index contributed by atoms with van der Waals surface area (Å²) in [6.45, 7) is 8.18. The number of aliphatic hydroxyl groups excluding tert-OH is 1. The Balaban J connectivity index is 1.81. The summed E-state index contributed by atoms with van der Waals surface area (Å²) in [6.07, 6.45) is 0.212. The topological polar surface area (TPSA) is 54.0 Å². The summed E-state index contributed by atoms with van der Waals surface area (Å²) < 4.78 is 24.4. The predicted octanol–water partition coefficient (Wildman–Crippen LogP) is 3.25. The van der Waals surface area contributed by atoms with Crippen molar-refractivity contribution < 1.29 is 19.0 Å². The third-order valence-electron chi connectivity index (χ3n) is 4.83. The van der Waals surface area contributed by atoms with Crippen molar-refractivity contribution in [1.29, 1.82) is 0 Å². The molecule has 0 aliphatic rings. The van der Waals surface area contributed by atoms with Crippen LogP contribution in [-0.4, -0.2) is 56.0 Å². The van der Waals surface area contributed by atoms with E-state index in [2.05, 4.69) is 24.1 Å². The molecule has 0 unspecified atom stereocenters. The highest BCUT2D eigenvalue weighted by Crippen LogP contribution is 2.28. The predicted molar refractivity (Wildman–Crippen MR) is 114 cm³/mol. The van der Waals surface area contributed by atoms with E-state index in [1.807, 2.05) is 24.3 Å². The first-order chi connectivity index (χ1) is 14.0. The van der Waals surface area contributed by atoms with Crippen molar-refractivity contribution >= 4 is 0 Å². The summed E-state index contributed by atoms with van der Waals surface area (Å²) in [5, 5.41) is 13.5. The minimum Gasteiger partial charge on any atom is -0.493 e. The molecule has 0 bridgehead atoms. The minimum absolute atomic E-state index is 0.204. The fourth-order valence-electron chi connectivity index (χ4n) is 3.12. The number of aliphatic hydroxyl groups is 1. The molecule has 0 amide bonds. The molecule has 0 saturated heterocycles. The van der Waals surface area contributed by atoms with Crippen molar-refractivity contribution in [3.05, 3.63) is 59.4 Å². The van der Waals surface area contributed by atoms with Crippen LogP contribution >= 0.6 is 0 Å². The Hall–Kier alpha value is -2.15. The zero-order valence-electron chi connectivity index (χ0n) is 17.7. The van der Waals surface area contributed by atoms with Crippen LogP contribution in [0.2, 0.25) is 0 Å².